The van der Waals surface area contributed by atoms with Gasteiger partial charge in [0.05, 0.1) is 42.9 Å². The number of ether oxygens (including phenoxy) is 1. The highest BCUT2D eigenvalue weighted by Crippen LogP contribution is 2.64. The standard InChI is InChI=1S/C28H26F2N8O3/c1-31-28(21-14-36(15-22(21)28)26(39)24-8-17(29)11-32-24)25-5-2-16(10-33-25)20-4-3-18(9-23(20)30)38-13-19(41-27(38)40)12-37-7-6-34-35-37/h2-7,9-10,17,19,21-22,24,32H,8,11-15H2/t17-,19-,21-,22+,24-,28?/m0/s1. The van der Waals surface area contributed by atoms with Crippen molar-refractivity contribution in [1.29, 1.82) is 0 Å². The summed E-state index contributed by atoms with van der Waals surface area (Å²) in [4.78, 5) is 36.8. The van der Waals surface area contributed by atoms with Crippen molar-refractivity contribution >= 4 is 17.7 Å². The minimum atomic E-state index is -1.01. The first kappa shape index (κ1) is 25.5. The summed E-state index contributed by atoms with van der Waals surface area (Å²) in [6, 6.07) is 7.55. The van der Waals surface area contributed by atoms with E-state index in [-0.39, 0.29) is 37.3 Å². The second-order valence-corrected chi connectivity index (χ2v) is 11.0. The number of hydrogen-bond acceptors (Lipinski definition) is 7. The van der Waals surface area contributed by atoms with Gasteiger partial charge in [0, 0.05) is 49.6 Å². The predicted octanol–water partition coefficient (Wildman–Crippen LogP) is 2.41. The summed E-state index contributed by atoms with van der Waals surface area (Å²) in [6.45, 7) is 9.60. The maximum Gasteiger partial charge on any atom is 0.414 e. The molecule has 41 heavy (non-hydrogen) atoms. The molecular weight excluding hydrogens is 534 g/mol. The third-order valence-corrected chi connectivity index (χ3v) is 8.70. The van der Waals surface area contributed by atoms with Crippen LogP contribution in [0, 0.1) is 24.2 Å². The van der Waals surface area contributed by atoms with Crippen molar-refractivity contribution in [3.8, 4) is 11.1 Å². The summed E-state index contributed by atoms with van der Waals surface area (Å²) in [5.74, 6) is -0.687. The average Bonchev–Trinajstić information content (AvgIpc) is 3.62. The monoisotopic (exact) mass is 560 g/mol. The zero-order chi connectivity index (χ0) is 28.3. The van der Waals surface area contributed by atoms with Crippen LogP contribution >= 0.6 is 0 Å². The molecule has 5 heterocycles. The molecule has 4 aliphatic rings. The Morgan fingerprint density at radius 3 is 2.68 bits per heavy atom. The van der Waals surface area contributed by atoms with Gasteiger partial charge in [0.15, 0.2) is 0 Å². The number of pyridine rings is 1. The maximum absolute atomic E-state index is 15.2. The normalized spacial score (nSPS) is 30.3. The number of benzene rings is 1. The number of piperidine rings is 1. The molecule has 3 aromatic rings. The number of likely N-dealkylation sites (tertiary alicyclic amines) is 1. The van der Waals surface area contributed by atoms with Crippen LogP contribution in [0.4, 0.5) is 19.3 Å². The molecule has 1 aromatic carbocycles. The molecule has 6 atom stereocenters. The summed E-state index contributed by atoms with van der Waals surface area (Å²) in [6.07, 6.45) is 2.95. The fraction of sp³-hybridized carbons (Fsp3) is 0.429. The molecule has 13 heteroatoms. The lowest BCUT2D eigenvalue weighted by molar-refractivity contribution is -0.132. The Morgan fingerprint density at radius 2 is 2.05 bits per heavy atom. The number of cyclic esters (lactones) is 1. The molecule has 1 saturated carbocycles. The van der Waals surface area contributed by atoms with Gasteiger partial charge in [-0.15, -0.1) is 5.10 Å². The van der Waals surface area contributed by atoms with Crippen LogP contribution in [-0.2, 0) is 21.6 Å². The Hall–Kier alpha value is -4.44. The molecule has 11 nitrogen and oxygen atoms in total. The van der Waals surface area contributed by atoms with Crippen molar-refractivity contribution < 1.29 is 23.1 Å². The lowest BCUT2D eigenvalue weighted by atomic mass is 10.0. The maximum atomic E-state index is 15.2. The Bertz CT molecular complexity index is 1530. The van der Waals surface area contributed by atoms with Crippen LogP contribution < -0.4 is 10.2 Å². The molecule has 3 saturated heterocycles. The van der Waals surface area contributed by atoms with Gasteiger partial charge in [-0.05, 0) is 24.3 Å². The molecular formula is C28H26F2N8O3. The third kappa shape index (κ3) is 4.21. The van der Waals surface area contributed by atoms with E-state index in [9.17, 15) is 14.0 Å². The van der Waals surface area contributed by atoms with E-state index < -0.39 is 35.8 Å². The first-order valence-electron chi connectivity index (χ1n) is 13.5. The minimum absolute atomic E-state index is 0.0329. The molecule has 2 amide bonds. The molecule has 1 unspecified atom stereocenters. The van der Waals surface area contributed by atoms with E-state index in [1.165, 1.54) is 17.2 Å². The number of aromatic nitrogens is 4. The SMILES string of the molecule is [C-]#[N+]C1(c2ccc(-c3ccc(N4C[C@H](Cn5ccnn5)OC4=O)cc3F)cn2)[C@@H]2CN(C(=O)[C@@H]3C[C@H](F)CN3)C[C@@H]21. The van der Waals surface area contributed by atoms with Gasteiger partial charge in [0.1, 0.15) is 23.8 Å². The molecule has 210 valence electrons. The number of nitrogens with zero attached hydrogens (tertiary/aromatic N) is 7. The summed E-state index contributed by atoms with van der Waals surface area (Å²) >= 11 is 0. The number of amides is 2. The number of nitrogens with one attached hydrogen (secondary N) is 1. The highest BCUT2D eigenvalue weighted by Gasteiger charge is 2.78. The second kappa shape index (κ2) is 9.59. The van der Waals surface area contributed by atoms with E-state index in [1.807, 2.05) is 0 Å². The van der Waals surface area contributed by atoms with E-state index in [1.54, 1.807) is 46.2 Å². The predicted molar refractivity (Wildman–Crippen MR) is 140 cm³/mol. The van der Waals surface area contributed by atoms with Gasteiger partial charge in [-0.2, -0.15) is 0 Å². The molecule has 1 N–H and O–H groups in total. The number of carbonyl (C=O) groups is 2. The largest absolute Gasteiger partial charge is 0.442 e. The van der Waals surface area contributed by atoms with Gasteiger partial charge in [-0.25, -0.2) is 24.8 Å². The molecule has 0 radical (unpaired) electrons. The lowest BCUT2D eigenvalue weighted by Gasteiger charge is -2.24. The van der Waals surface area contributed by atoms with Crippen LogP contribution in [0.1, 0.15) is 12.1 Å². The average molecular weight is 561 g/mol. The number of hydrogen-bond donors (Lipinski definition) is 1. The molecule has 7 rings (SSSR count). The Labute approximate surface area is 233 Å². The van der Waals surface area contributed by atoms with Crippen molar-refractivity contribution in [3.63, 3.8) is 0 Å². The van der Waals surface area contributed by atoms with Crippen molar-refractivity contribution in [2.75, 3.05) is 31.1 Å². The van der Waals surface area contributed by atoms with E-state index >= 15 is 4.39 Å². The van der Waals surface area contributed by atoms with Crippen LogP contribution in [0.15, 0.2) is 48.9 Å². The zero-order valence-corrected chi connectivity index (χ0v) is 21.9. The number of alkyl halides is 1. The number of halogens is 2. The van der Waals surface area contributed by atoms with E-state index in [4.69, 9.17) is 11.3 Å². The number of rotatable bonds is 6. The highest BCUT2D eigenvalue weighted by molar-refractivity contribution is 5.90. The quantitative estimate of drug-likeness (QED) is 0.461. The number of carbonyl (C=O) groups excluding carboxylic acids is 2. The fourth-order valence-electron chi connectivity index (χ4n) is 6.55. The van der Waals surface area contributed by atoms with Crippen LogP contribution in [0.3, 0.4) is 0 Å². The highest BCUT2D eigenvalue weighted by atomic mass is 19.1. The summed E-state index contributed by atoms with van der Waals surface area (Å²) in [7, 11) is 0. The van der Waals surface area contributed by atoms with E-state index in [2.05, 4.69) is 25.5 Å². The Kier molecular flexibility index (Phi) is 5.97. The Balaban J connectivity index is 1.02. The summed E-state index contributed by atoms with van der Waals surface area (Å²) in [5, 5.41) is 10.6. The van der Waals surface area contributed by atoms with Gasteiger partial charge in [0.2, 0.25) is 5.91 Å². The van der Waals surface area contributed by atoms with Crippen molar-refractivity contribution in [1.82, 2.24) is 30.2 Å². The van der Waals surface area contributed by atoms with Gasteiger partial charge >= 0.3 is 6.09 Å². The smallest absolute Gasteiger partial charge is 0.414 e. The number of fused-ring (bicyclic) bond motifs is 1. The van der Waals surface area contributed by atoms with Crippen LogP contribution in [-0.4, -0.2) is 81.4 Å². The number of anilines is 1. The molecule has 3 aliphatic heterocycles. The van der Waals surface area contributed by atoms with E-state index in [0.29, 0.717) is 42.1 Å². The van der Waals surface area contributed by atoms with Gasteiger partial charge < -0.3 is 19.8 Å². The fourth-order valence-corrected chi connectivity index (χ4v) is 6.55. The Morgan fingerprint density at radius 1 is 1.22 bits per heavy atom. The van der Waals surface area contributed by atoms with E-state index in [0.717, 1.165) is 0 Å². The molecule has 0 bridgehead atoms. The summed E-state index contributed by atoms with van der Waals surface area (Å²) < 4.78 is 35.8. The van der Waals surface area contributed by atoms with Crippen LogP contribution in [0.25, 0.3) is 16.0 Å². The zero-order valence-electron chi connectivity index (χ0n) is 21.9. The first-order chi connectivity index (χ1) is 19.9. The molecule has 2 aromatic heterocycles. The second-order valence-electron chi connectivity index (χ2n) is 11.0. The first-order valence-corrected chi connectivity index (χ1v) is 13.5. The molecule has 4 fully saturated rings. The van der Waals surface area contributed by atoms with Crippen molar-refractivity contribution in [2.45, 2.75) is 36.8 Å². The topological polar surface area (TPSA) is 110 Å². The molecule has 0 spiro atoms. The van der Waals surface area contributed by atoms with Gasteiger partial charge in [-0.3, -0.25) is 14.7 Å². The van der Waals surface area contributed by atoms with Crippen LogP contribution in [0.5, 0.6) is 0 Å². The van der Waals surface area contributed by atoms with Crippen molar-refractivity contribution in [3.05, 3.63) is 71.9 Å². The minimum Gasteiger partial charge on any atom is -0.442 e. The third-order valence-electron chi connectivity index (χ3n) is 8.70. The van der Waals surface area contributed by atoms with Gasteiger partial charge in [0.25, 0.3) is 5.54 Å². The summed E-state index contributed by atoms with van der Waals surface area (Å²) in [5.41, 5.74) is 1.05. The molecule has 1 aliphatic carbocycles. The van der Waals surface area contributed by atoms with Crippen LogP contribution in [0.2, 0.25) is 0 Å². The lowest BCUT2D eigenvalue weighted by Crippen LogP contribution is -2.44. The van der Waals surface area contributed by atoms with Crippen molar-refractivity contribution in [2.24, 2.45) is 11.8 Å². The van der Waals surface area contributed by atoms with Gasteiger partial charge in [-0.1, -0.05) is 11.3 Å².